The van der Waals surface area contributed by atoms with Crippen molar-refractivity contribution in [1.29, 1.82) is 0 Å². The summed E-state index contributed by atoms with van der Waals surface area (Å²) in [6, 6.07) is 8.56. The first-order valence-corrected chi connectivity index (χ1v) is 9.44. The van der Waals surface area contributed by atoms with E-state index in [2.05, 4.69) is 15.9 Å². The Morgan fingerprint density at radius 1 is 1.29 bits per heavy atom. The molecule has 0 fully saturated rings. The summed E-state index contributed by atoms with van der Waals surface area (Å²) in [4.78, 5) is 1.24. The van der Waals surface area contributed by atoms with Gasteiger partial charge in [-0.15, -0.1) is 11.3 Å². The number of sulfonamides is 1. The van der Waals surface area contributed by atoms with Crippen LogP contribution in [0, 0.1) is 0 Å². The molecule has 2 rings (SSSR count). The highest BCUT2D eigenvalue weighted by atomic mass is 79.9. The van der Waals surface area contributed by atoms with E-state index < -0.39 is 10.0 Å². The standard InChI is InChI=1S/C14H16BrNO3S2/c1-16(9-13-8-12(15)10-20-13)21(18,19)14-4-2-11(3-5-14)6-7-17/h2-5,8,10,17H,6-7,9H2,1H3. The first-order chi connectivity index (χ1) is 9.93. The molecule has 7 heteroatoms. The van der Waals surface area contributed by atoms with E-state index in [0.717, 1.165) is 14.9 Å². The van der Waals surface area contributed by atoms with Gasteiger partial charge in [-0.1, -0.05) is 12.1 Å². The number of rotatable bonds is 6. The lowest BCUT2D eigenvalue weighted by Crippen LogP contribution is -2.26. The van der Waals surface area contributed by atoms with Gasteiger partial charge in [0.25, 0.3) is 0 Å². The number of hydrogen-bond acceptors (Lipinski definition) is 4. The third-order valence-corrected chi connectivity index (χ3v) is 6.53. The van der Waals surface area contributed by atoms with E-state index in [9.17, 15) is 8.42 Å². The van der Waals surface area contributed by atoms with Crippen molar-refractivity contribution >= 4 is 37.3 Å². The van der Waals surface area contributed by atoms with Gasteiger partial charge in [0.15, 0.2) is 0 Å². The molecule has 0 amide bonds. The average molecular weight is 390 g/mol. The van der Waals surface area contributed by atoms with Crippen LogP contribution in [0.3, 0.4) is 0 Å². The number of nitrogens with zero attached hydrogens (tertiary/aromatic N) is 1. The predicted octanol–water partition coefficient (Wildman–Crippen LogP) is 2.87. The zero-order chi connectivity index (χ0) is 15.5. The molecule has 0 aliphatic rings. The molecule has 0 aliphatic carbocycles. The molecule has 21 heavy (non-hydrogen) atoms. The number of thiophene rings is 1. The molecular weight excluding hydrogens is 374 g/mol. The minimum absolute atomic E-state index is 0.0548. The Labute approximate surface area is 137 Å². The van der Waals surface area contributed by atoms with Crippen LogP contribution in [0.25, 0.3) is 0 Å². The number of benzene rings is 1. The number of aliphatic hydroxyl groups excluding tert-OH is 1. The highest BCUT2D eigenvalue weighted by Gasteiger charge is 2.21. The quantitative estimate of drug-likeness (QED) is 0.825. The second-order valence-electron chi connectivity index (χ2n) is 4.61. The Morgan fingerprint density at radius 3 is 2.48 bits per heavy atom. The van der Waals surface area contributed by atoms with Crippen LogP contribution in [-0.2, 0) is 23.0 Å². The first-order valence-electron chi connectivity index (χ1n) is 6.32. The van der Waals surface area contributed by atoms with Crippen LogP contribution in [0.4, 0.5) is 0 Å². The summed E-state index contributed by atoms with van der Waals surface area (Å²) in [6.45, 7) is 0.399. The van der Waals surface area contributed by atoms with Gasteiger partial charge in [-0.2, -0.15) is 4.31 Å². The Morgan fingerprint density at radius 2 is 1.95 bits per heavy atom. The van der Waals surface area contributed by atoms with Gasteiger partial charge in [0.1, 0.15) is 0 Å². The third-order valence-electron chi connectivity index (χ3n) is 3.03. The van der Waals surface area contributed by atoms with E-state index in [4.69, 9.17) is 5.11 Å². The normalized spacial score (nSPS) is 12.0. The zero-order valence-corrected chi connectivity index (χ0v) is 14.7. The highest BCUT2D eigenvalue weighted by molar-refractivity contribution is 9.10. The Balaban J connectivity index is 2.16. The number of hydrogen-bond donors (Lipinski definition) is 1. The van der Waals surface area contributed by atoms with Crippen molar-refractivity contribution in [2.75, 3.05) is 13.7 Å². The van der Waals surface area contributed by atoms with Gasteiger partial charge in [0.05, 0.1) is 4.90 Å². The van der Waals surface area contributed by atoms with E-state index in [1.54, 1.807) is 31.3 Å². The predicted molar refractivity (Wildman–Crippen MR) is 87.9 cm³/mol. The van der Waals surface area contributed by atoms with Crippen LogP contribution in [0.15, 0.2) is 45.1 Å². The molecule has 4 nitrogen and oxygen atoms in total. The van der Waals surface area contributed by atoms with Crippen LogP contribution in [0.2, 0.25) is 0 Å². The summed E-state index contributed by atoms with van der Waals surface area (Å²) in [6.07, 6.45) is 0.527. The fourth-order valence-corrected chi connectivity index (χ4v) is 4.61. The Hall–Kier alpha value is -0.730. The van der Waals surface area contributed by atoms with Crippen LogP contribution >= 0.6 is 27.3 Å². The van der Waals surface area contributed by atoms with Crippen molar-refractivity contribution in [1.82, 2.24) is 4.31 Å². The summed E-state index contributed by atoms with van der Waals surface area (Å²) >= 11 is 4.88. The van der Waals surface area contributed by atoms with E-state index in [0.29, 0.717) is 13.0 Å². The molecule has 0 bridgehead atoms. The first kappa shape index (κ1) is 16.6. The lowest BCUT2D eigenvalue weighted by atomic mass is 10.2. The summed E-state index contributed by atoms with van der Waals surface area (Å²) in [5, 5.41) is 10.8. The van der Waals surface area contributed by atoms with Gasteiger partial charge in [-0.05, 0) is 46.1 Å². The summed E-state index contributed by atoms with van der Waals surface area (Å²) in [5.74, 6) is 0. The smallest absolute Gasteiger partial charge is 0.243 e. The maximum absolute atomic E-state index is 12.5. The molecule has 1 N–H and O–H groups in total. The minimum Gasteiger partial charge on any atom is -0.396 e. The van der Waals surface area contributed by atoms with E-state index >= 15 is 0 Å². The molecule has 0 unspecified atom stereocenters. The maximum atomic E-state index is 12.5. The largest absolute Gasteiger partial charge is 0.396 e. The number of halogens is 1. The minimum atomic E-state index is -3.50. The highest BCUT2D eigenvalue weighted by Crippen LogP contribution is 2.23. The van der Waals surface area contributed by atoms with Gasteiger partial charge in [0, 0.05) is 34.9 Å². The van der Waals surface area contributed by atoms with Gasteiger partial charge >= 0.3 is 0 Å². The van der Waals surface area contributed by atoms with Crippen LogP contribution in [0.5, 0.6) is 0 Å². The van der Waals surface area contributed by atoms with Crippen molar-refractivity contribution in [2.24, 2.45) is 0 Å². The fraction of sp³-hybridized carbons (Fsp3) is 0.286. The summed E-state index contributed by atoms with van der Waals surface area (Å²) < 4.78 is 27.3. The molecule has 1 aromatic heterocycles. The molecule has 1 heterocycles. The van der Waals surface area contributed by atoms with Gasteiger partial charge < -0.3 is 5.11 Å². The second kappa shape index (κ2) is 7.02. The van der Waals surface area contributed by atoms with E-state index in [1.165, 1.54) is 15.6 Å². The molecular formula is C14H16BrNO3S2. The van der Waals surface area contributed by atoms with Gasteiger partial charge in [-0.25, -0.2) is 8.42 Å². The average Bonchev–Trinajstić information content (AvgIpc) is 2.85. The van der Waals surface area contributed by atoms with Crippen molar-refractivity contribution < 1.29 is 13.5 Å². The molecule has 114 valence electrons. The van der Waals surface area contributed by atoms with Crippen LogP contribution < -0.4 is 0 Å². The molecule has 1 aromatic carbocycles. The van der Waals surface area contributed by atoms with Gasteiger partial charge in [0.2, 0.25) is 10.0 Å². The molecule has 0 aliphatic heterocycles. The molecule has 0 atom stereocenters. The van der Waals surface area contributed by atoms with Crippen molar-refractivity contribution in [3.63, 3.8) is 0 Å². The fourth-order valence-electron chi connectivity index (χ4n) is 1.88. The molecule has 2 aromatic rings. The van der Waals surface area contributed by atoms with Crippen molar-refractivity contribution in [3.8, 4) is 0 Å². The lowest BCUT2D eigenvalue weighted by molar-refractivity contribution is 0.299. The third kappa shape index (κ3) is 4.14. The molecule has 0 spiro atoms. The van der Waals surface area contributed by atoms with Gasteiger partial charge in [-0.3, -0.25) is 0 Å². The number of aliphatic hydroxyl groups is 1. The molecule has 0 saturated heterocycles. The van der Waals surface area contributed by atoms with E-state index in [1.807, 2.05) is 11.4 Å². The zero-order valence-electron chi connectivity index (χ0n) is 11.5. The summed E-state index contributed by atoms with van der Waals surface area (Å²) in [5.41, 5.74) is 0.918. The molecule has 0 radical (unpaired) electrons. The molecule has 0 saturated carbocycles. The van der Waals surface area contributed by atoms with Crippen LogP contribution in [0.1, 0.15) is 10.4 Å². The van der Waals surface area contributed by atoms with Crippen LogP contribution in [-0.4, -0.2) is 31.5 Å². The second-order valence-corrected chi connectivity index (χ2v) is 8.57. The van der Waals surface area contributed by atoms with E-state index in [-0.39, 0.29) is 11.5 Å². The monoisotopic (exact) mass is 389 g/mol. The lowest BCUT2D eigenvalue weighted by Gasteiger charge is -2.16. The SMILES string of the molecule is CN(Cc1cc(Br)cs1)S(=O)(=O)c1ccc(CCO)cc1. The Kier molecular flexibility index (Phi) is 5.56. The Bertz CT molecular complexity index is 695. The summed E-state index contributed by atoms with van der Waals surface area (Å²) in [7, 11) is -1.92. The van der Waals surface area contributed by atoms with Crippen molar-refractivity contribution in [3.05, 3.63) is 50.6 Å². The van der Waals surface area contributed by atoms with Crippen molar-refractivity contribution in [2.45, 2.75) is 17.9 Å². The maximum Gasteiger partial charge on any atom is 0.243 e. The topological polar surface area (TPSA) is 57.6 Å².